The summed E-state index contributed by atoms with van der Waals surface area (Å²) in [5.41, 5.74) is 0.448. The van der Waals surface area contributed by atoms with Crippen LogP contribution < -0.4 is 0 Å². The molecule has 0 radical (unpaired) electrons. The van der Waals surface area contributed by atoms with Crippen molar-refractivity contribution in [3.05, 3.63) is 35.6 Å². The average molecular weight is 299 g/mol. The molecule has 1 aromatic rings. The van der Waals surface area contributed by atoms with Crippen LogP contribution in [0.2, 0.25) is 5.02 Å². The van der Waals surface area contributed by atoms with Gasteiger partial charge in [0.25, 0.3) is 5.91 Å². The molecule has 0 aromatic carbocycles. The molecule has 1 aromatic heterocycles. The van der Waals surface area contributed by atoms with Crippen LogP contribution in [-0.2, 0) is 16.1 Å². The van der Waals surface area contributed by atoms with Gasteiger partial charge in [-0.2, -0.15) is 0 Å². The van der Waals surface area contributed by atoms with E-state index in [4.69, 9.17) is 16.3 Å². The lowest BCUT2D eigenvalue weighted by atomic mass is 10.3. The van der Waals surface area contributed by atoms with E-state index < -0.39 is 5.97 Å². The van der Waals surface area contributed by atoms with E-state index in [1.165, 1.54) is 4.90 Å². The molecule has 0 aliphatic rings. The number of aromatic nitrogens is 1. The van der Waals surface area contributed by atoms with E-state index in [9.17, 15) is 9.59 Å². The Morgan fingerprint density at radius 3 is 2.75 bits per heavy atom. The molecule has 0 atom stereocenters. The maximum absolute atomic E-state index is 12.5. The molecule has 0 N–H and O–H groups in total. The summed E-state index contributed by atoms with van der Waals surface area (Å²) >= 11 is 5.92. The van der Waals surface area contributed by atoms with Gasteiger partial charge in [-0.3, -0.25) is 9.59 Å². The number of aryl methyl sites for hydroxylation is 1. The van der Waals surface area contributed by atoms with Gasteiger partial charge in [-0.25, -0.2) is 0 Å². The third kappa shape index (κ3) is 4.13. The predicted molar refractivity (Wildman–Crippen MR) is 77.8 cm³/mol. The third-order valence-corrected chi connectivity index (χ3v) is 2.89. The maximum atomic E-state index is 12.5. The van der Waals surface area contributed by atoms with Crippen molar-refractivity contribution in [3.63, 3.8) is 0 Å². The Morgan fingerprint density at radius 2 is 2.20 bits per heavy atom. The Bertz CT molecular complexity index is 497. The number of ether oxygens (including phenoxy) is 1. The largest absolute Gasteiger partial charge is 0.465 e. The van der Waals surface area contributed by atoms with E-state index in [1.807, 2.05) is 6.92 Å². The van der Waals surface area contributed by atoms with Gasteiger partial charge < -0.3 is 14.2 Å². The second-order valence-corrected chi connectivity index (χ2v) is 4.55. The summed E-state index contributed by atoms with van der Waals surface area (Å²) in [6.07, 6.45) is 3.25. The highest BCUT2D eigenvalue weighted by atomic mass is 35.5. The lowest BCUT2D eigenvalue weighted by molar-refractivity contribution is -0.143. The summed E-state index contributed by atoms with van der Waals surface area (Å²) in [6.45, 7) is 8.30. The SMILES string of the molecule is C=CCN(CC(=O)OCC)C(=O)c1cc(Cl)cn1CC. The Balaban J connectivity index is 2.92. The van der Waals surface area contributed by atoms with Crippen LogP contribution in [0.5, 0.6) is 0 Å². The van der Waals surface area contributed by atoms with Crippen LogP contribution in [0.1, 0.15) is 24.3 Å². The normalized spacial score (nSPS) is 10.2. The molecule has 0 bridgehead atoms. The smallest absolute Gasteiger partial charge is 0.325 e. The van der Waals surface area contributed by atoms with Gasteiger partial charge in [0.15, 0.2) is 0 Å². The van der Waals surface area contributed by atoms with Gasteiger partial charge in [0.1, 0.15) is 12.2 Å². The zero-order chi connectivity index (χ0) is 15.1. The van der Waals surface area contributed by atoms with Crippen LogP contribution >= 0.6 is 11.6 Å². The molecule has 5 nitrogen and oxygen atoms in total. The Morgan fingerprint density at radius 1 is 1.50 bits per heavy atom. The van der Waals surface area contributed by atoms with Crippen molar-refractivity contribution >= 4 is 23.5 Å². The van der Waals surface area contributed by atoms with Crippen LogP contribution in [0.4, 0.5) is 0 Å². The first-order valence-corrected chi connectivity index (χ1v) is 6.82. The molecular formula is C14H19ClN2O3. The predicted octanol–water partition coefficient (Wildman–Crippen LogP) is 2.35. The monoisotopic (exact) mass is 298 g/mol. The van der Waals surface area contributed by atoms with E-state index in [1.54, 1.807) is 29.8 Å². The molecule has 1 rings (SSSR count). The zero-order valence-electron chi connectivity index (χ0n) is 11.8. The van der Waals surface area contributed by atoms with Gasteiger partial charge in [0.05, 0.1) is 11.6 Å². The molecule has 20 heavy (non-hydrogen) atoms. The lowest BCUT2D eigenvalue weighted by Gasteiger charge is -2.20. The second kappa shape index (κ2) is 7.75. The van der Waals surface area contributed by atoms with Crippen molar-refractivity contribution in [2.24, 2.45) is 0 Å². The molecule has 0 saturated carbocycles. The van der Waals surface area contributed by atoms with E-state index in [-0.39, 0.29) is 25.6 Å². The molecule has 0 saturated heterocycles. The van der Waals surface area contributed by atoms with Gasteiger partial charge in [-0.05, 0) is 19.9 Å². The van der Waals surface area contributed by atoms with Crippen molar-refractivity contribution in [1.82, 2.24) is 9.47 Å². The van der Waals surface area contributed by atoms with Crippen LogP contribution in [0.15, 0.2) is 24.9 Å². The number of carbonyl (C=O) groups excluding carboxylic acids is 2. The van der Waals surface area contributed by atoms with Gasteiger partial charge in [-0.1, -0.05) is 17.7 Å². The summed E-state index contributed by atoms with van der Waals surface area (Å²) < 4.78 is 6.61. The minimum atomic E-state index is -0.441. The fourth-order valence-electron chi connectivity index (χ4n) is 1.81. The van der Waals surface area contributed by atoms with Gasteiger partial charge in [0, 0.05) is 19.3 Å². The van der Waals surface area contributed by atoms with Crippen molar-refractivity contribution in [1.29, 1.82) is 0 Å². The van der Waals surface area contributed by atoms with Crippen LogP contribution in [-0.4, -0.2) is 41.0 Å². The molecular weight excluding hydrogens is 280 g/mol. The fourth-order valence-corrected chi connectivity index (χ4v) is 2.04. The number of halogens is 1. The van der Waals surface area contributed by atoms with E-state index in [0.717, 1.165) is 0 Å². The third-order valence-electron chi connectivity index (χ3n) is 2.68. The Labute approximate surface area is 123 Å². The molecule has 0 aliphatic heterocycles. The summed E-state index contributed by atoms with van der Waals surface area (Å²) in [4.78, 5) is 25.4. The topological polar surface area (TPSA) is 51.5 Å². The van der Waals surface area contributed by atoms with Gasteiger partial charge >= 0.3 is 5.97 Å². The number of hydrogen-bond donors (Lipinski definition) is 0. The number of esters is 1. The molecule has 6 heteroatoms. The quantitative estimate of drug-likeness (QED) is 0.573. The number of amides is 1. The first-order chi connectivity index (χ1) is 9.53. The molecule has 110 valence electrons. The number of nitrogens with zero attached hydrogens (tertiary/aromatic N) is 2. The lowest BCUT2D eigenvalue weighted by Crippen LogP contribution is -2.37. The summed E-state index contributed by atoms with van der Waals surface area (Å²) in [5.74, 6) is -0.713. The van der Waals surface area contributed by atoms with E-state index in [2.05, 4.69) is 6.58 Å². The van der Waals surface area contributed by atoms with Crippen LogP contribution in [0.3, 0.4) is 0 Å². The fraction of sp³-hybridized carbons (Fsp3) is 0.429. The molecule has 0 unspecified atom stereocenters. The molecule has 1 heterocycles. The second-order valence-electron chi connectivity index (χ2n) is 4.11. The van der Waals surface area contributed by atoms with Crippen LogP contribution in [0.25, 0.3) is 0 Å². The minimum absolute atomic E-state index is 0.106. The first kappa shape index (κ1) is 16.3. The summed E-state index contributed by atoms with van der Waals surface area (Å²) in [7, 11) is 0. The Kier molecular flexibility index (Phi) is 6.31. The van der Waals surface area contributed by atoms with Crippen molar-refractivity contribution in [2.45, 2.75) is 20.4 Å². The van der Waals surface area contributed by atoms with E-state index >= 15 is 0 Å². The Hall–Kier alpha value is -1.75. The zero-order valence-corrected chi connectivity index (χ0v) is 12.5. The average Bonchev–Trinajstić information content (AvgIpc) is 2.79. The van der Waals surface area contributed by atoms with Gasteiger partial charge in [0.2, 0.25) is 0 Å². The highest BCUT2D eigenvalue weighted by Crippen LogP contribution is 2.16. The highest BCUT2D eigenvalue weighted by Gasteiger charge is 2.21. The molecule has 1 amide bonds. The van der Waals surface area contributed by atoms with Crippen molar-refractivity contribution in [3.8, 4) is 0 Å². The summed E-state index contributed by atoms with van der Waals surface area (Å²) in [6, 6.07) is 1.59. The summed E-state index contributed by atoms with van der Waals surface area (Å²) in [5, 5.41) is 0.491. The van der Waals surface area contributed by atoms with Gasteiger partial charge in [-0.15, -0.1) is 6.58 Å². The first-order valence-electron chi connectivity index (χ1n) is 6.44. The number of carbonyl (C=O) groups is 2. The van der Waals surface area contributed by atoms with Crippen molar-refractivity contribution in [2.75, 3.05) is 19.7 Å². The molecule has 0 aliphatic carbocycles. The van der Waals surface area contributed by atoms with Crippen LogP contribution in [0, 0.1) is 0 Å². The standard InChI is InChI=1S/C14H19ClN2O3/c1-4-7-17(10-13(18)20-6-3)14(19)12-8-11(15)9-16(12)5-2/h4,8-9H,1,5-7,10H2,2-3H3. The highest BCUT2D eigenvalue weighted by molar-refractivity contribution is 6.31. The number of hydrogen-bond acceptors (Lipinski definition) is 3. The molecule has 0 spiro atoms. The van der Waals surface area contributed by atoms with Crippen molar-refractivity contribution < 1.29 is 14.3 Å². The number of rotatable bonds is 7. The minimum Gasteiger partial charge on any atom is -0.465 e. The molecule has 0 fully saturated rings. The van der Waals surface area contributed by atoms with E-state index in [0.29, 0.717) is 17.3 Å². The maximum Gasteiger partial charge on any atom is 0.325 e.